The minimum atomic E-state index is -4.00. The summed E-state index contributed by atoms with van der Waals surface area (Å²) < 4.78 is 49.2. The maximum Gasteiger partial charge on any atom is 0.290 e. The molecular formula is C21H25N3O6S2. The lowest BCUT2D eigenvalue weighted by Crippen LogP contribution is -2.31. The van der Waals surface area contributed by atoms with Crippen LogP contribution in [0.1, 0.15) is 32.3 Å². The quantitative estimate of drug-likeness (QED) is 0.454. The Bertz CT molecular complexity index is 1150. The van der Waals surface area contributed by atoms with Crippen molar-refractivity contribution < 1.29 is 27.1 Å². The molecule has 0 aliphatic carbocycles. The summed E-state index contributed by atoms with van der Waals surface area (Å²) in [4.78, 5) is 24.2. The Hall–Kier alpha value is -2.86. The number of anilines is 1. The van der Waals surface area contributed by atoms with Crippen LogP contribution in [0.15, 0.2) is 65.2 Å². The highest BCUT2D eigenvalue weighted by Gasteiger charge is 2.44. The molecule has 172 valence electrons. The molecule has 0 bridgehead atoms. The molecule has 0 spiro atoms. The standard InChI is InChI=1S/C21H25N3O6S2/c1-3-4-14-24-21(26)19(20(32(24,29)30)16-8-6-5-7-9-16)22-17-10-12-18(13-11-17)31(27,28)23-15(2)25/h5-13,22,29-30H,3-4,14H2,1-2H3,(H,23,25). The normalized spacial score (nSPS) is 16.8. The topological polar surface area (TPSA) is 136 Å². The Morgan fingerprint density at radius 1 is 1.06 bits per heavy atom. The molecule has 2 amide bonds. The Balaban J connectivity index is 1.99. The van der Waals surface area contributed by atoms with Gasteiger partial charge >= 0.3 is 0 Å². The van der Waals surface area contributed by atoms with E-state index in [4.69, 9.17) is 0 Å². The van der Waals surface area contributed by atoms with Crippen molar-refractivity contribution in [2.75, 3.05) is 11.9 Å². The van der Waals surface area contributed by atoms with Gasteiger partial charge in [0.1, 0.15) is 10.6 Å². The van der Waals surface area contributed by atoms with Crippen molar-refractivity contribution in [2.45, 2.75) is 31.6 Å². The van der Waals surface area contributed by atoms with Crippen LogP contribution in [0, 0.1) is 0 Å². The van der Waals surface area contributed by atoms with E-state index in [9.17, 15) is 27.1 Å². The molecule has 9 nitrogen and oxygen atoms in total. The predicted octanol–water partition coefficient (Wildman–Crippen LogP) is 3.60. The van der Waals surface area contributed by atoms with Crippen molar-refractivity contribution in [1.82, 2.24) is 9.03 Å². The molecular weight excluding hydrogens is 454 g/mol. The van der Waals surface area contributed by atoms with E-state index in [1.165, 1.54) is 24.3 Å². The van der Waals surface area contributed by atoms with E-state index >= 15 is 0 Å². The number of rotatable bonds is 8. The lowest BCUT2D eigenvalue weighted by Gasteiger charge is -2.38. The van der Waals surface area contributed by atoms with E-state index < -0.39 is 32.6 Å². The Morgan fingerprint density at radius 2 is 1.69 bits per heavy atom. The molecule has 1 aliphatic rings. The van der Waals surface area contributed by atoms with E-state index in [2.05, 4.69) is 5.32 Å². The first-order valence-corrected chi connectivity index (χ1v) is 12.9. The number of hydrogen-bond acceptors (Lipinski definition) is 7. The van der Waals surface area contributed by atoms with Gasteiger partial charge in [-0.05, 0) is 30.7 Å². The molecule has 32 heavy (non-hydrogen) atoms. The van der Waals surface area contributed by atoms with Gasteiger partial charge in [-0.15, -0.1) is 0 Å². The highest BCUT2D eigenvalue weighted by molar-refractivity contribution is 8.31. The van der Waals surface area contributed by atoms with Crippen molar-refractivity contribution in [3.63, 3.8) is 0 Å². The van der Waals surface area contributed by atoms with Crippen LogP contribution in [-0.2, 0) is 19.6 Å². The van der Waals surface area contributed by atoms with Crippen molar-refractivity contribution in [3.8, 4) is 0 Å². The zero-order chi connectivity index (χ0) is 23.5. The highest BCUT2D eigenvalue weighted by Crippen LogP contribution is 2.62. The van der Waals surface area contributed by atoms with Crippen molar-refractivity contribution in [3.05, 3.63) is 65.9 Å². The zero-order valence-corrected chi connectivity index (χ0v) is 19.2. The summed E-state index contributed by atoms with van der Waals surface area (Å²) in [5, 5.41) is 2.93. The Morgan fingerprint density at radius 3 is 2.25 bits per heavy atom. The number of amides is 2. The molecule has 4 N–H and O–H groups in total. The van der Waals surface area contributed by atoms with Crippen LogP contribution in [0.3, 0.4) is 0 Å². The summed E-state index contributed by atoms with van der Waals surface area (Å²) in [6.07, 6.45) is 1.37. The van der Waals surface area contributed by atoms with E-state index in [1.54, 1.807) is 30.3 Å². The zero-order valence-electron chi connectivity index (χ0n) is 17.6. The van der Waals surface area contributed by atoms with Gasteiger partial charge in [0.2, 0.25) is 5.91 Å². The van der Waals surface area contributed by atoms with Crippen LogP contribution in [0.2, 0.25) is 0 Å². The third-order valence-corrected chi connectivity index (χ3v) is 8.11. The maximum atomic E-state index is 13.1. The van der Waals surface area contributed by atoms with Crippen LogP contribution in [0.25, 0.3) is 4.91 Å². The summed E-state index contributed by atoms with van der Waals surface area (Å²) in [6, 6.07) is 14.0. The first-order chi connectivity index (χ1) is 15.1. The van der Waals surface area contributed by atoms with Gasteiger partial charge in [-0.1, -0.05) is 54.5 Å². The van der Waals surface area contributed by atoms with Crippen LogP contribution < -0.4 is 10.0 Å². The lowest BCUT2D eigenvalue weighted by atomic mass is 10.1. The molecule has 0 saturated heterocycles. The smallest absolute Gasteiger partial charge is 0.290 e. The number of benzene rings is 2. The second-order valence-corrected chi connectivity index (χ2v) is 10.7. The molecule has 3 rings (SSSR count). The number of nitrogens with one attached hydrogen (secondary N) is 2. The number of sulfonamides is 1. The van der Waals surface area contributed by atoms with Crippen molar-refractivity contribution in [1.29, 1.82) is 0 Å². The minimum Gasteiger partial charge on any atom is -0.349 e. The molecule has 1 heterocycles. The van der Waals surface area contributed by atoms with E-state index in [0.29, 0.717) is 17.7 Å². The minimum absolute atomic E-state index is 0.0183. The van der Waals surface area contributed by atoms with Crippen molar-refractivity contribution in [2.24, 2.45) is 0 Å². The number of hydrogen-bond donors (Lipinski definition) is 4. The predicted molar refractivity (Wildman–Crippen MR) is 124 cm³/mol. The van der Waals surface area contributed by atoms with Gasteiger partial charge in [0.05, 0.1) is 4.90 Å². The number of nitrogens with zero attached hydrogens (tertiary/aromatic N) is 1. The number of unbranched alkanes of at least 4 members (excludes halogenated alkanes) is 1. The molecule has 0 unspecified atom stereocenters. The Kier molecular flexibility index (Phi) is 6.94. The molecule has 1 aliphatic heterocycles. The van der Waals surface area contributed by atoms with Gasteiger partial charge in [-0.3, -0.25) is 18.7 Å². The summed E-state index contributed by atoms with van der Waals surface area (Å²) >= 11 is 0. The van der Waals surface area contributed by atoms with Gasteiger partial charge in [0, 0.05) is 24.7 Å². The SMILES string of the molecule is CCCCN1C(=O)C(Nc2ccc(S(=O)(=O)NC(C)=O)cc2)=C(c2ccccc2)S1(O)O. The Labute approximate surface area is 188 Å². The number of carbonyl (C=O) groups excluding carboxylic acids is 2. The van der Waals surface area contributed by atoms with Crippen LogP contribution in [0.5, 0.6) is 0 Å². The molecule has 0 saturated carbocycles. The van der Waals surface area contributed by atoms with Crippen LogP contribution in [0.4, 0.5) is 5.69 Å². The van der Waals surface area contributed by atoms with E-state index in [-0.39, 0.29) is 22.0 Å². The molecule has 0 atom stereocenters. The second-order valence-electron chi connectivity index (χ2n) is 7.16. The van der Waals surface area contributed by atoms with Gasteiger partial charge < -0.3 is 5.32 Å². The third-order valence-electron chi connectivity index (χ3n) is 4.71. The average Bonchev–Trinajstić information content (AvgIpc) is 2.91. The molecule has 0 radical (unpaired) electrons. The fourth-order valence-electron chi connectivity index (χ4n) is 3.23. The highest BCUT2D eigenvalue weighted by atomic mass is 32.3. The summed E-state index contributed by atoms with van der Waals surface area (Å²) in [5.74, 6) is -1.26. The third kappa shape index (κ3) is 4.80. The van der Waals surface area contributed by atoms with Crippen LogP contribution >= 0.6 is 10.8 Å². The first kappa shape index (κ1) is 23.8. The van der Waals surface area contributed by atoms with E-state index in [0.717, 1.165) is 17.6 Å². The molecule has 0 fully saturated rings. The molecule has 0 aromatic heterocycles. The van der Waals surface area contributed by atoms with E-state index in [1.807, 2.05) is 11.6 Å². The van der Waals surface area contributed by atoms with Gasteiger partial charge in [-0.2, -0.15) is 0 Å². The largest absolute Gasteiger partial charge is 0.349 e. The molecule has 2 aromatic carbocycles. The van der Waals surface area contributed by atoms with Crippen LogP contribution in [-0.4, -0.2) is 40.2 Å². The second kappa shape index (κ2) is 9.33. The summed E-state index contributed by atoms with van der Waals surface area (Å²) in [7, 11) is -7.56. The maximum absolute atomic E-state index is 13.1. The monoisotopic (exact) mass is 479 g/mol. The van der Waals surface area contributed by atoms with Gasteiger partial charge in [0.15, 0.2) is 0 Å². The molecule has 11 heteroatoms. The lowest BCUT2D eigenvalue weighted by molar-refractivity contribution is -0.122. The fraction of sp³-hybridized carbons (Fsp3) is 0.238. The summed E-state index contributed by atoms with van der Waals surface area (Å²) in [6.45, 7) is 3.22. The number of carbonyl (C=O) groups is 2. The first-order valence-electron chi connectivity index (χ1n) is 9.88. The fourth-order valence-corrected chi connectivity index (χ4v) is 6.01. The molecule has 2 aromatic rings. The summed E-state index contributed by atoms with van der Waals surface area (Å²) in [5.41, 5.74) is 0.882. The van der Waals surface area contributed by atoms with Gasteiger partial charge in [0.25, 0.3) is 15.9 Å². The van der Waals surface area contributed by atoms with Crippen molar-refractivity contribution >= 4 is 43.2 Å². The van der Waals surface area contributed by atoms with Gasteiger partial charge in [-0.25, -0.2) is 17.4 Å². The average molecular weight is 480 g/mol.